The minimum Gasteiger partial charge on any atom is -0.279 e. The van der Waals surface area contributed by atoms with Crippen LogP contribution in [0.4, 0.5) is 0 Å². The van der Waals surface area contributed by atoms with Crippen molar-refractivity contribution in [3.05, 3.63) is 39.5 Å². The zero-order valence-corrected chi connectivity index (χ0v) is 12.6. The Labute approximate surface area is 124 Å². The molecule has 1 aromatic rings. The SMILES string of the molecule is CCSC1=N/C(=C\c2ccc(Cl)cc2Cl)C(=O)S1. The van der Waals surface area contributed by atoms with Crippen molar-refractivity contribution in [1.82, 2.24) is 0 Å². The Kier molecular flexibility index (Phi) is 4.78. The summed E-state index contributed by atoms with van der Waals surface area (Å²) < 4.78 is 0.791. The summed E-state index contributed by atoms with van der Waals surface area (Å²) >= 11 is 14.6. The molecule has 18 heavy (non-hydrogen) atoms. The van der Waals surface area contributed by atoms with Crippen molar-refractivity contribution in [3.63, 3.8) is 0 Å². The third-order valence-electron chi connectivity index (χ3n) is 2.12. The average Bonchev–Trinajstić information content (AvgIpc) is 2.64. The standard InChI is InChI=1S/C12H9Cl2NOS2/c1-2-17-12-15-10(11(16)18-12)5-7-3-4-8(13)6-9(7)14/h3-6H,2H2,1H3/b10-5-. The first kappa shape index (κ1) is 14.0. The molecule has 0 unspecified atom stereocenters. The van der Waals surface area contributed by atoms with Gasteiger partial charge < -0.3 is 0 Å². The van der Waals surface area contributed by atoms with Crippen molar-refractivity contribution in [1.29, 1.82) is 0 Å². The summed E-state index contributed by atoms with van der Waals surface area (Å²) in [6, 6.07) is 5.15. The molecule has 1 heterocycles. The lowest BCUT2D eigenvalue weighted by molar-refractivity contribution is -0.107. The van der Waals surface area contributed by atoms with Crippen molar-refractivity contribution in [2.24, 2.45) is 4.99 Å². The normalized spacial score (nSPS) is 17.4. The molecule has 2 rings (SSSR count). The van der Waals surface area contributed by atoms with Crippen LogP contribution in [-0.4, -0.2) is 15.2 Å². The van der Waals surface area contributed by atoms with Gasteiger partial charge in [0.25, 0.3) is 0 Å². The van der Waals surface area contributed by atoms with Crippen LogP contribution < -0.4 is 0 Å². The molecule has 0 aliphatic carbocycles. The Morgan fingerprint density at radius 1 is 1.44 bits per heavy atom. The molecule has 1 aromatic carbocycles. The molecule has 0 saturated carbocycles. The Bertz CT molecular complexity index is 555. The molecule has 0 saturated heterocycles. The number of hydrogen-bond donors (Lipinski definition) is 0. The lowest BCUT2D eigenvalue weighted by Crippen LogP contribution is -1.88. The van der Waals surface area contributed by atoms with Crippen molar-refractivity contribution in [2.75, 3.05) is 5.75 Å². The number of carbonyl (C=O) groups is 1. The van der Waals surface area contributed by atoms with Gasteiger partial charge in [-0.15, -0.1) is 0 Å². The fourth-order valence-electron chi connectivity index (χ4n) is 1.34. The molecule has 0 amide bonds. The van der Waals surface area contributed by atoms with Gasteiger partial charge in [0.2, 0.25) is 5.12 Å². The van der Waals surface area contributed by atoms with Crippen LogP contribution in [0.1, 0.15) is 12.5 Å². The maximum Gasteiger partial charge on any atom is 0.244 e. The van der Waals surface area contributed by atoms with E-state index in [2.05, 4.69) is 4.99 Å². The fourth-order valence-corrected chi connectivity index (χ4v) is 3.54. The van der Waals surface area contributed by atoms with Crippen molar-refractivity contribution < 1.29 is 4.79 Å². The van der Waals surface area contributed by atoms with Crippen LogP contribution in [0.3, 0.4) is 0 Å². The van der Waals surface area contributed by atoms with E-state index >= 15 is 0 Å². The number of carbonyl (C=O) groups excluding carboxylic acids is 1. The van der Waals surface area contributed by atoms with E-state index in [9.17, 15) is 4.79 Å². The molecule has 0 spiro atoms. The van der Waals surface area contributed by atoms with E-state index in [0.29, 0.717) is 15.7 Å². The largest absolute Gasteiger partial charge is 0.279 e. The average molecular weight is 318 g/mol. The number of nitrogens with zero attached hydrogens (tertiary/aromatic N) is 1. The maximum atomic E-state index is 11.7. The highest BCUT2D eigenvalue weighted by atomic mass is 35.5. The highest BCUT2D eigenvalue weighted by Gasteiger charge is 2.22. The van der Waals surface area contributed by atoms with E-state index in [0.717, 1.165) is 27.5 Å². The van der Waals surface area contributed by atoms with E-state index in [1.165, 1.54) is 0 Å². The molecule has 2 nitrogen and oxygen atoms in total. The van der Waals surface area contributed by atoms with Crippen LogP contribution in [-0.2, 0) is 4.79 Å². The van der Waals surface area contributed by atoms with Crippen LogP contribution in [0.15, 0.2) is 28.9 Å². The Morgan fingerprint density at radius 2 is 2.22 bits per heavy atom. The fraction of sp³-hybridized carbons (Fsp3) is 0.167. The minimum absolute atomic E-state index is 0.0445. The molecule has 0 N–H and O–H groups in total. The minimum atomic E-state index is -0.0445. The predicted octanol–water partition coefficient (Wildman–Crippen LogP) is 4.72. The summed E-state index contributed by atoms with van der Waals surface area (Å²) in [4.78, 5) is 16.0. The summed E-state index contributed by atoms with van der Waals surface area (Å²) in [5.41, 5.74) is 1.18. The number of aliphatic imine (C=N–C) groups is 1. The van der Waals surface area contributed by atoms with Crippen LogP contribution in [0.5, 0.6) is 0 Å². The van der Waals surface area contributed by atoms with Crippen molar-refractivity contribution in [2.45, 2.75) is 6.92 Å². The molecule has 94 valence electrons. The number of hydrogen-bond acceptors (Lipinski definition) is 4. The quantitative estimate of drug-likeness (QED) is 0.739. The Hall–Kier alpha value is -0.420. The number of rotatable bonds is 2. The maximum absolute atomic E-state index is 11.7. The molecular weight excluding hydrogens is 309 g/mol. The first-order valence-corrected chi connectivity index (χ1v) is 7.76. The smallest absolute Gasteiger partial charge is 0.244 e. The number of thioether (sulfide) groups is 2. The van der Waals surface area contributed by atoms with Gasteiger partial charge in [0.05, 0.1) is 0 Å². The topological polar surface area (TPSA) is 29.4 Å². The van der Waals surface area contributed by atoms with Gasteiger partial charge in [-0.25, -0.2) is 4.99 Å². The molecule has 0 radical (unpaired) electrons. The third-order valence-corrected chi connectivity index (χ3v) is 4.58. The predicted molar refractivity (Wildman–Crippen MR) is 82.6 cm³/mol. The van der Waals surface area contributed by atoms with E-state index in [4.69, 9.17) is 23.2 Å². The third kappa shape index (κ3) is 3.32. The second kappa shape index (κ2) is 6.15. The summed E-state index contributed by atoms with van der Waals surface area (Å²) in [6.07, 6.45) is 1.69. The molecule has 0 bridgehead atoms. The van der Waals surface area contributed by atoms with Gasteiger partial charge in [0.15, 0.2) is 0 Å². The van der Waals surface area contributed by atoms with Crippen molar-refractivity contribution in [3.8, 4) is 0 Å². The molecule has 0 fully saturated rings. The second-order valence-electron chi connectivity index (χ2n) is 3.40. The van der Waals surface area contributed by atoms with Gasteiger partial charge in [-0.1, -0.05) is 48.0 Å². The second-order valence-corrected chi connectivity index (χ2v) is 6.71. The molecule has 1 aliphatic heterocycles. The van der Waals surface area contributed by atoms with Crippen LogP contribution >= 0.6 is 46.7 Å². The zero-order chi connectivity index (χ0) is 13.1. The number of halogens is 2. The Morgan fingerprint density at radius 3 is 2.89 bits per heavy atom. The first-order valence-electron chi connectivity index (χ1n) is 5.20. The van der Waals surface area contributed by atoms with Crippen molar-refractivity contribution >= 4 is 62.3 Å². The molecule has 6 heteroatoms. The van der Waals surface area contributed by atoms with Gasteiger partial charge >= 0.3 is 0 Å². The molecular formula is C12H9Cl2NOS2. The summed E-state index contributed by atoms with van der Waals surface area (Å²) in [5.74, 6) is 0.897. The van der Waals surface area contributed by atoms with Crippen LogP contribution in [0, 0.1) is 0 Å². The molecule has 0 atom stereocenters. The van der Waals surface area contributed by atoms with Gasteiger partial charge in [-0.3, -0.25) is 4.79 Å². The van der Waals surface area contributed by atoms with Gasteiger partial charge in [-0.05, 0) is 41.3 Å². The van der Waals surface area contributed by atoms with E-state index in [1.54, 1.807) is 36.0 Å². The van der Waals surface area contributed by atoms with Gasteiger partial charge in [-0.2, -0.15) is 0 Å². The van der Waals surface area contributed by atoms with Gasteiger partial charge in [0, 0.05) is 10.0 Å². The van der Waals surface area contributed by atoms with Crippen LogP contribution in [0.2, 0.25) is 10.0 Å². The highest BCUT2D eigenvalue weighted by Crippen LogP contribution is 2.32. The monoisotopic (exact) mass is 317 g/mol. The summed E-state index contributed by atoms with van der Waals surface area (Å²) in [5, 5.41) is 1.04. The lowest BCUT2D eigenvalue weighted by atomic mass is 10.2. The zero-order valence-electron chi connectivity index (χ0n) is 9.44. The molecule has 1 aliphatic rings. The van der Waals surface area contributed by atoms with Crippen LogP contribution in [0.25, 0.3) is 6.08 Å². The van der Waals surface area contributed by atoms with Gasteiger partial charge in [0.1, 0.15) is 10.1 Å². The summed E-state index contributed by atoms with van der Waals surface area (Å²) in [7, 11) is 0. The first-order chi connectivity index (χ1) is 8.60. The number of benzene rings is 1. The van der Waals surface area contributed by atoms with E-state index in [1.807, 2.05) is 6.92 Å². The lowest BCUT2D eigenvalue weighted by Gasteiger charge is -1.99. The van der Waals surface area contributed by atoms with E-state index < -0.39 is 0 Å². The molecule has 0 aromatic heterocycles. The Balaban J connectivity index is 2.30. The highest BCUT2D eigenvalue weighted by molar-refractivity contribution is 8.45. The summed E-state index contributed by atoms with van der Waals surface area (Å²) in [6.45, 7) is 2.02. The van der Waals surface area contributed by atoms with E-state index in [-0.39, 0.29) is 5.12 Å².